The third-order valence-corrected chi connectivity index (χ3v) is 4.28. The molecule has 0 radical (unpaired) electrons. The Balaban J connectivity index is 0.000000189. The molecule has 138 valence electrons. The standard InChI is InChI=1S/C12H11NO.C9H6BrNO.BrH/c13-10-6-8-12(9-7-10)14-11-4-2-1-3-5-11;10-7-4-6-11-5-2-1-3-8(11)9(7)12;/h1-9H,13H2;1-6H;1H/p+1. The van der Waals surface area contributed by atoms with Gasteiger partial charge in [-0.3, -0.25) is 0 Å². The van der Waals surface area contributed by atoms with Gasteiger partial charge in [0.15, 0.2) is 12.4 Å². The lowest BCUT2D eigenvalue weighted by Crippen LogP contribution is -3.00. The van der Waals surface area contributed by atoms with Gasteiger partial charge in [-0.05, 0) is 46.3 Å². The normalized spacial score (nSPS) is 9.70. The number of hydrogen-bond donors (Lipinski definition) is 2. The quantitative estimate of drug-likeness (QED) is 0.415. The van der Waals surface area contributed by atoms with Crippen LogP contribution in [-0.2, 0) is 0 Å². The van der Waals surface area contributed by atoms with E-state index >= 15 is 0 Å². The second kappa shape index (κ2) is 10.1. The first-order valence-corrected chi connectivity index (χ1v) is 8.85. The van der Waals surface area contributed by atoms with Gasteiger partial charge in [-0.2, -0.15) is 4.40 Å². The molecule has 0 aliphatic carbocycles. The number of aromatic nitrogens is 1. The minimum atomic E-state index is 0. The summed E-state index contributed by atoms with van der Waals surface area (Å²) in [5.41, 5.74) is 5.60. The number of hydrogen-bond acceptors (Lipinski definition) is 2. The number of halogens is 2. The van der Waals surface area contributed by atoms with Gasteiger partial charge in [-0.15, -0.1) is 0 Å². The molecule has 2 aromatic heterocycles. The van der Waals surface area contributed by atoms with Crippen LogP contribution in [0.4, 0.5) is 5.69 Å². The van der Waals surface area contributed by atoms with Crippen LogP contribution in [0.25, 0.3) is 5.52 Å². The maximum absolute atomic E-state index is 9.59. The van der Waals surface area contributed by atoms with E-state index in [1.807, 2.05) is 95.7 Å². The third kappa shape index (κ3) is 5.79. The van der Waals surface area contributed by atoms with Crippen molar-refractivity contribution < 1.29 is 37.0 Å². The van der Waals surface area contributed by atoms with Crippen LogP contribution in [0.5, 0.6) is 17.2 Å². The van der Waals surface area contributed by atoms with E-state index in [2.05, 4.69) is 21.7 Å². The molecule has 0 spiro atoms. The lowest BCUT2D eigenvalue weighted by atomic mass is 10.3. The number of nitrogens with zero attached hydrogens (tertiary/aromatic N) is 1. The SMILES string of the molecule is Oc1c(Br)cc[n+]2ccccc12.[Br-].[NH3+]c1ccc(Oc2ccccc2)cc1. The number of aromatic hydroxyl groups is 1. The average molecular weight is 491 g/mol. The second-order valence-corrected chi connectivity index (χ2v) is 6.42. The molecule has 0 fully saturated rings. The molecule has 0 bridgehead atoms. The van der Waals surface area contributed by atoms with Gasteiger partial charge in [0.1, 0.15) is 17.2 Å². The summed E-state index contributed by atoms with van der Waals surface area (Å²) in [7, 11) is 0. The van der Waals surface area contributed by atoms with Crippen molar-refractivity contribution in [1.82, 2.24) is 0 Å². The minimum Gasteiger partial charge on any atom is -1.00 e. The van der Waals surface area contributed by atoms with Crippen LogP contribution in [0, 0.1) is 0 Å². The largest absolute Gasteiger partial charge is 1.00 e. The molecule has 0 amide bonds. The van der Waals surface area contributed by atoms with E-state index in [-0.39, 0.29) is 22.7 Å². The van der Waals surface area contributed by atoms with E-state index < -0.39 is 0 Å². The van der Waals surface area contributed by atoms with Gasteiger partial charge >= 0.3 is 0 Å². The van der Waals surface area contributed by atoms with Gasteiger partial charge in [0.2, 0.25) is 5.75 Å². The number of benzene rings is 2. The van der Waals surface area contributed by atoms with Crippen LogP contribution in [0.2, 0.25) is 0 Å². The summed E-state index contributed by atoms with van der Waals surface area (Å²) in [5.74, 6) is 1.96. The summed E-state index contributed by atoms with van der Waals surface area (Å²) in [4.78, 5) is 0. The van der Waals surface area contributed by atoms with Gasteiger partial charge in [-0.1, -0.05) is 18.2 Å². The zero-order chi connectivity index (χ0) is 18.4. The Morgan fingerprint density at radius 1 is 0.778 bits per heavy atom. The molecule has 2 heterocycles. The van der Waals surface area contributed by atoms with Gasteiger partial charge < -0.3 is 32.6 Å². The Kier molecular flexibility index (Phi) is 7.79. The lowest BCUT2D eigenvalue weighted by Gasteiger charge is -2.04. The van der Waals surface area contributed by atoms with Crippen LogP contribution in [-0.4, -0.2) is 5.11 Å². The van der Waals surface area contributed by atoms with Crippen LogP contribution >= 0.6 is 15.9 Å². The van der Waals surface area contributed by atoms with Gasteiger partial charge in [-0.25, -0.2) is 0 Å². The van der Waals surface area contributed by atoms with E-state index in [1.54, 1.807) is 0 Å². The molecule has 27 heavy (non-hydrogen) atoms. The highest BCUT2D eigenvalue weighted by Gasteiger charge is 2.09. The van der Waals surface area contributed by atoms with E-state index in [0.29, 0.717) is 4.47 Å². The summed E-state index contributed by atoms with van der Waals surface area (Å²) in [6.45, 7) is 0. The summed E-state index contributed by atoms with van der Waals surface area (Å²) >= 11 is 3.25. The molecular formula is C21H19Br2N2O2+. The lowest BCUT2D eigenvalue weighted by molar-refractivity contribution is -0.512. The van der Waals surface area contributed by atoms with Crippen LogP contribution < -0.4 is 31.9 Å². The van der Waals surface area contributed by atoms with E-state index in [9.17, 15) is 5.11 Å². The van der Waals surface area contributed by atoms with Crippen LogP contribution in [0.1, 0.15) is 0 Å². The fraction of sp³-hybridized carbons (Fsp3) is 0. The molecule has 4 nitrogen and oxygen atoms in total. The van der Waals surface area contributed by atoms with E-state index in [0.717, 1.165) is 22.7 Å². The Hall–Kier alpha value is -2.41. The molecule has 0 saturated carbocycles. The maximum atomic E-state index is 9.59. The average Bonchev–Trinajstić information content (AvgIpc) is 2.68. The number of rotatable bonds is 2. The monoisotopic (exact) mass is 489 g/mol. The first-order chi connectivity index (χ1) is 12.6. The van der Waals surface area contributed by atoms with Crippen LogP contribution in [0.3, 0.4) is 0 Å². The Morgan fingerprint density at radius 3 is 2.11 bits per heavy atom. The number of quaternary nitrogens is 1. The minimum absolute atomic E-state index is 0. The molecule has 4 rings (SSSR count). The van der Waals surface area contributed by atoms with Gasteiger partial charge in [0.05, 0.1) is 4.47 Å². The second-order valence-electron chi connectivity index (χ2n) is 5.56. The van der Waals surface area contributed by atoms with Crippen LogP contribution in [0.15, 0.2) is 95.7 Å². The maximum Gasteiger partial charge on any atom is 0.253 e. The Labute approximate surface area is 176 Å². The zero-order valence-corrected chi connectivity index (χ0v) is 17.6. The van der Waals surface area contributed by atoms with Crippen molar-refractivity contribution in [1.29, 1.82) is 0 Å². The molecule has 0 saturated heterocycles. The summed E-state index contributed by atoms with van der Waals surface area (Å²) in [5, 5.41) is 9.59. The van der Waals surface area contributed by atoms with Crippen molar-refractivity contribution in [3.8, 4) is 17.2 Å². The molecule has 0 unspecified atom stereocenters. The molecule has 0 aliphatic heterocycles. The zero-order valence-electron chi connectivity index (χ0n) is 14.4. The van der Waals surface area contributed by atoms with Crippen molar-refractivity contribution >= 4 is 27.1 Å². The molecule has 6 heteroatoms. The predicted molar refractivity (Wildman–Crippen MR) is 104 cm³/mol. The highest BCUT2D eigenvalue weighted by atomic mass is 79.9. The number of fused-ring (bicyclic) bond motifs is 1. The number of para-hydroxylation sites is 1. The van der Waals surface area contributed by atoms with Crippen molar-refractivity contribution in [3.05, 3.63) is 95.7 Å². The molecule has 0 atom stereocenters. The van der Waals surface area contributed by atoms with Gasteiger partial charge in [0, 0.05) is 30.3 Å². The Bertz CT molecular complexity index is 994. The third-order valence-electron chi connectivity index (χ3n) is 3.64. The Morgan fingerprint density at radius 2 is 1.41 bits per heavy atom. The summed E-state index contributed by atoms with van der Waals surface area (Å²) in [6, 6.07) is 24.9. The van der Waals surface area contributed by atoms with Crippen molar-refractivity contribution in [2.24, 2.45) is 0 Å². The van der Waals surface area contributed by atoms with Gasteiger partial charge in [0.25, 0.3) is 5.52 Å². The molecule has 4 N–H and O–H groups in total. The van der Waals surface area contributed by atoms with Crippen molar-refractivity contribution in [2.45, 2.75) is 0 Å². The number of pyridine rings is 2. The first kappa shape index (κ1) is 20.9. The van der Waals surface area contributed by atoms with Crippen molar-refractivity contribution in [2.75, 3.05) is 0 Å². The smallest absolute Gasteiger partial charge is 0.253 e. The van der Waals surface area contributed by atoms with Crippen molar-refractivity contribution in [3.63, 3.8) is 0 Å². The summed E-state index contributed by atoms with van der Waals surface area (Å²) < 4.78 is 8.18. The van der Waals surface area contributed by atoms with E-state index in [4.69, 9.17) is 4.74 Å². The fourth-order valence-corrected chi connectivity index (χ4v) is 2.64. The molecule has 2 aromatic carbocycles. The number of ether oxygens (including phenoxy) is 1. The highest BCUT2D eigenvalue weighted by Crippen LogP contribution is 2.25. The molecular weight excluding hydrogens is 472 g/mol. The molecule has 0 aliphatic rings. The fourth-order valence-electron chi connectivity index (χ4n) is 2.32. The topological polar surface area (TPSA) is 61.2 Å². The predicted octanol–water partition coefficient (Wildman–Crippen LogP) is 1.25. The molecule has 4 aromatic rings. The first-order valence-electron chi connectivity index (χ1n) is 8.06. The van der Waals surface area contributed by atoms with E-state index in [1.165, 1.54) is 0 Å². The summed E-state index contributed by atoms with van der Waals surface area (Å²) in [6.07, 6.45) is 3.78. The highest BCUT2D eigenvalue weighted by molar-refractivity contribution is 9.10.